The van der Waals surface area contributed by atoms with E-state index in [4.69, 9.17) is 18.9 Å². The molecule has 0 fully saturated rings. The van der Waals surface area contributed by atoms with Crippen LogP contribution in [0.25, 0.3) is 0 Å². The molecule has 1 aliphatic heterocycles. The molecule has 0 aliphatic carbocycles. The van der Waals surface area contributed by atoms with E-state index in [1.54, 1.807) is 25.3 Å². The molecule has 0 spiro atoms. The van der Waals surface area contributed by atoms with Crippen LogP contribution in [-0.2, 0) is 6.42 Å². The van der Waals surface area contributed by atoms with Gasteiger partial charge >= 0.3 is 0 Å². The van der Waals surface area contributed by atoms with Crippen LogP contribution in [0, 0.1) is 0 Å². The highest BCUT2D eigenvalue weighted by atomic mass is 35.5. The molecule has 2 N–H and O–H groups in total. The Morgan fingerprint density at radius 2 is 1.75 bits per heavy atom. The van der Waals surface area contributed by atoms with Crippen LogP contribution < -0.4 is 24.3 Å². The van der Waals surface area contributed by atoms with E-state index in [2.05, 4.69) is 31.3 Å². The van der Waals surface area contributed by atoms with E-state index >= 15 is 0 Å². The first-order chi connectivity index (χ1) is 12.9. The fourth-order valence-electron chi connectivity index (χ4n) is 2.93. The standard InChI is InChI=1S/C21H27NO5.ClH/c1-21(2,11-15-4-6-17(24-3)7-5-15)22-12-16(23)13-25-18-8-9-19-20(10-18)27-14-26-19;/h4-10,16,22-23H,11-14H2,1-3H3;1H. The highest BCUT2D eigenvalue weighted by Crippen LogP contribution is 2.35. The first-order valence-electron chi connectivity index (χ1n) is 9.04. The molecule has 6 nitrogen and oxygen atoms in total. The lowest BCUT2D eigenvalue weighted by atomic mass is 9.94. The van der Waals surface area contributed by atoms with Crippen molar-refractivity contribution in [1.82, 2.24) is 5.32 Å². The summed E-state index contributed by atoms with van der Waals surface area (Å²) in [7, 11) is 1.66. The van der Waals surface area contributed by atoms with E-state index in [1.165, 1.54) is 5.56 Å². The van der Waals surface area contributed by atoms with Gasteiger partial charge in [-0.05, 0) is 50.1 Å². The number of halogens is 1. The molecule has 0 radical (unpaired) electrons. The molecule has 1 heterocycles. The molecule has 0 aromatic heterocycles. The third-order valence-electron chi connectivity index (χ3n) is 4.41. The quantitative estimate of drug-likeness (QED) is 0.662. The fourth-order valence-corrected chi connectivity index (χ4v) is 2.93. The average Bonchev–Trinajstić information content (AvgIpc) is 3.13. The first-order valence-corrected chi connectivity index (χ1v) is 9.04. The van der Waals surface area contributed by atoms with Gasteiger partial charge in [0.2, 0.25) is 6.79 Å². The molecule has 2 aromatic carbocycles. The molecule has 1 aliphatic rings. The lowest BCUT2D eigenvalue weighted by Gasteiger charge is -2.28. The normalized spacial score (nSPS) is 13.6. The van der Waals surface area contributed by atoms with Crippen molar-refractivity contribution in [3.63, 3.8) is 0 Å². The van der Waals surface area contributed by atoms with Crippen molar-refractivity contribution in [3.05, 3.63) is 48.0 Å². The van der Waals surface area contributed by atoms with Crippen molar-refractivity contribution < 1.29 is 24.1 Å². The predicted molar refractivity (Wildman–Crippen MR) is 110 cm³/mol. The van der Waals surface area contributed by atoms with Gasteiger partial charge in [0.25, 0.3) is 0 Å². The van der Waals surface area contributed by atoms with Gasteiger partial charge in [-0.2, -0.15) is 0 Å². The van der Waals surface area contributed by atoms with Gasteiger partial charge in [0.15, 0.2) is 11.5 Å². The van der Waals surface area contributed by atoms with E-state index in [9.17, 15) is 5.11 Å². The van der Waals surface area contributed by atoms with E-state index in [0.717, 1.165) is 12.2 Å². The van der Waals surface area contributed by atoms with Gasteiger partial charge < -0.3 is 29.4 Å². The maximum absolute atomic E-state index is 10.2. The van der Waals surface area contributed by atoms with Crippen molar-refractivity contribution in [3.8, 4) is 23.0 Å². The fraction of sp³-hybridized carbons (Fsp3) is 0.429. The number of benzene rings is 2. The number of hydrogen-bond acceptors (Lipinski definition) is 6. The number of fused-ring (bicyclic) bond motifs is 1. The molecule has 1 atom stereocenters. The maximum Gasteiger partial charge on any atom is 0.231 e. The third-order valence-corrected chi connectivity index (χ3v) is 4.41. The lowest BCUT2D eigenvalue weighted by molar-refractivity contribution is 0.0987. The summed E-state index contributed by atoms with van der Waals surface area (Å²) in [6, 6.07) is 13.4. The predicted octanol–water partition coefficient (Wildman–Crippen LogP) is 3.20. The van der Waals surface area contributed by atoms with Gasteiger partial charge in [-0.15, -0.1) is 12.4 Å². The first kappa shape index (κ1) is 22.1. The van der Waals surface area contributed by atoms with Crippen LogP contribution in [0.4, 0.5) is 0 Å². The van der Waals surface area contributed by atoms with Crippen LogP contribution in [0.15, 0.2) is 42.5 Å². The molecule has 0 saturated carbocycles. The molecule has 0 bridgehead atoms. The van der Waals surface area contributed by atoms with Gasteiger partial charge in [-0.1, -0.05) is 12.1 Å². The van der Waals surface area contributed by atoms with Crippen LogP contribution in [-0.4, -0.2) is 43.8 Å². The Balaban J connectivity index is 0.00000280. The van der Waals surface area contributed by atoms with Gasteiger partial charge in [-0.25, -0.2) is 0 Å². The Bertz CT molecular complexity index is 751. The molecular weight excluding hydrogens is 382 g/mol. The van der Waals surface area contributed by atoms with Crippen LogP contribution >= 0.6 is 12.4 Å². The van der Waals surface area contributed by atoms with Gasteiger partial charge in [-0.3, -0.25) is 0 Å². The van der Waals surface area contributed by atoms with Gasteiger partial charge in [0, 0.05) is 18.2 Å². The number of nitrogens with one attached hydrogen (secondary N) is 1. The van der Waals surface area contributed by atoms with Crippen molar-refractivity contribution >= 4 is 12.4 Å². The number of aliphatic hydroxyl groups is 1. The van der Waals surface area contributed by atoms with Crippen LogP contribution in [0.2, 0.25) is 0 Å². The van der Waals surface area contributed by atoms with E-state index in [0.29, 0.717) is 23.8 Å². The summed E-state index contributed by atoms with van der Waals surface area (Å²) in [6.45, 7) is 5.10. The molecular formula is C21H28ClNO5. The number of aliphatic hydroxyl groups excluding tert-OH is 1. The Morgan fingerprint density at radius 3 is 2.46 bits per heavy atom. The molecule has 0 saturated heterocycles. The summed E-state index contributed by atoms with van der Waals surface area (Å²) in [5.41, 5.74) is 1.05. The molecule has 28 heavy (non-hydrogen) atoms. The SMILES string of the molecule is COc1ccc(CC(C)(C)NCC(O)COc2ccc3c(c2)OCO3)cc1.Cl. The smallest absolute Gasteiger partial charge is 0.231 e. The second kappa shape index (κ2) is 9.87. The summed E-state index contributed by atoms with van der Waals surface area (Å²) in [6.07, 6.45) is 0.220. The highest BCUT2D eigenvalue weighted by molar-refractivity contribution is 5.85. The Morgan fingerprint density at radius 1 is 1.07 bits per heavy atom. The third kappa shape index (κ3) is 6.19. The second-order valence-electron chi connectivity index (χ2n) is 7.27. The summed E-state index contributed by atoms with van der Waals surface area (Å²) in [5.74, 6) is 2.88. The van der Waals surface area contributed by atoms with E-state index < -0.39 is 6.10 Å². The van der Waals surface area contributed by atoms with Crippen molar-refractivity contribution in [2.45, 2.75) is 31.9 Å². The van der Waals surface area contributed by atoms with Gasteiger partial charge in [0.1, 0.15) is 24.2 Å². The Hall–Kier alpha value is -2.15. The summed E-state index contributed by atoms with van der Waals surface area (Å²) in [5, 5.41) is 13.6. The topological polar surface area (TPSA) is 69.2 Å². The Labute approximate surface area is 172 Å². The number of methoxy groups -OCH3 is 1. The highest BCUT2D eigenvalue weighted by Gasteiger charge is 2.20. The zero-order chi connectivity index (χ0) is 19.3. The molecule has 1 unspecified atom stereocenters. The molecule has 7 heteroatoms. The minimum Gasteiger partial charge on any atom is -0.497 e. The minimum absolute atomic E-state index is 0. The number of β-amino-alcohol motifs (C(OH)–C–C–N with tert-alkyl or cyclic N) is 1. The number of ether oxygens (including phenoxy) is 4. The molecule has 2 aromatic rings. The summed E-state index contributed by atoms with van der Waals surface area (Å²) < 4.78 is 21.4. The van der Waals surface area contributed by atoms with E-state index in [1.807, 2.05) is 12.1 Å². The average molecular weight is 410 g/mol. The van der Waals surface area contributed by atoms with Crippen molar-refractivity contribution in [2.75, 3.05) is 27.1 Å². The molecule has 154 valence electrons. The number of hydrogen-bond donors (Lipinski definition) is 2. The summed E-state index contributed by atoms with van der Waals surface area (Å²) in [4.78, 5) is 0. The van der Waals surface area contributed by atoms with Crippen LogP contribution in [0.5, 0.6) is 23.0 Å². The van der Waals surface area contributed by atoms with E-state index in [-0.39, 0.29) is 31.3 Å². The number of rotatable bonds is 9. The summed E-state index contributed by atoms with van der Waals surface area (Å²) >= 11 is 0. The zero-order valence-electron chi connectivity index (χ0n) is 16.4. The van der Waals surface area contributed by atoms with Gasteiger partial charge in [0.05, 0.1) is 7.11 Å². The minimum atomic E-state index is -0.620. The lowest BCUT2D eigenvalue weighted by Crippen LogP contribution is -2.46. The van der Waals surface area contributed by atoms with Crippen molar-refractivity contribution in [1.29, 1.82) is 0 Å². The second-order valence-corrected chi connectivity index (χ2v) is 7.27. The van der Waals surface area contributed by atoms with Crippen LogP contribution in [0.3, 0.4) is 0 Å². The molecule has 3 rings (SSSR count). The monoisotopic (exact) mass is 409 g/mol. The zero-order valence-corrected chi connectivity index (χ0v) is 17.3. The maximum atomic E-state index is 10.2. The molecule has 0 amide bonds. The largest absolute Gasteiger partial charge is 0.497 e. The van der Waals surface area contributed by atoms with Crippen molar-refractivity contribution in [2.24, 2.45) is 0 Å². The van der Waals surface area contributed by atoms with Crippen LogP contribution in [0.1, 0.15) is 19.4 Å². The Kier molecular flexibility index (Phi) is 7.80.